The van der Waals surface area contributed by atoms with Crippen LogP contribution >= 0.6 is 0 Å². The fourth-order valence-electron chi connectivity index (χ4n) is 4.25. The highest BCUT2D eigenvalue weighted by atomic mass is 16.4. The zero-order valence-corrected chi connectivity index (χ0v) is 17.4. The Hall–Kier alpha value is -2.73. The molecule has 31 heavy (non-hydrogen) atoms. The summed E-state index contributed by atoms with van der Waals surface area (Å²) in [6.07, 6.45) is 1.47. The van der Waals surface area contributed by atoms with Crippen molar-refractivity contribution in [2.45, 2.75) is 75.7 Å². The van der Waals surface area contributed by atoms with E-state index in [0.717, 1.165) is 0 Å². The predicted molar refractivity (Wildman–Crippen MR) is 106 cm³/mol. The largest absolute Gasteiger partial charge is 0.481 e. The minimum absolute atomic E-state index is 0.0665. The van der Waals surface area contributed by atoms with Gasteiger partial charge in [0.05, 0.1) is 18.1 Å². The maximum absolute atomic E-state index is 12.8. The number of hydrogen-bond acceptors (Lipinski definition) is 7. The van der Waals surface area contributed by atoms with Crippen LogP contribution in [0.25, 0.3) is 0 Å². The van der Waals surface area contributed by atoms with Crippen LogP contribution < -0.4 is 11.1 Å². The second-order valence-electron chi connectivity index (χ2n) is 8.01. The number of aliphatic carboxylic acids is 3. The van der Waals surface area contributed by atoms with Crippen LogP contribution in [-0.2, 0) is 24.0 Å². The van der Waals surface area contributed by atoms with Crippen LogP contribution in [0.2, 0.25) is 0 Å². The number of nitrogens with one attached hydrogen (secondary N) is 1. The van der Waals surface area contributed by atoms with Gasteiger partial charge in [-0.25, -0.2) is 4.79 Å². The number of carboxylic acid groups (broad SMARTS) is 3. The minimum atomic E-state index is -1.26. The van der Waals surface area contributed by atoms with E-state index >= 15 is 0 Å². The molecule has 2 aliphatic heterocycles. The van der Waals surface area contributed by atoms with Crippen molar-refractivity contribution in [3.8, 4) is 0 Å². The van der Waals surface area contributed by atoms with E-state index in [1.54, 1.807) is 0 Å². The summed E-state index contributed by atoms with van der Waals surface area (Å²) in [6, 6.07) is -4.99. The van der Waals surface area contributed by atoms with Gasteiger partial charge in [0.15, 0.2) is 0 Å². The fourth-order valence-corrected chi connectivity index (χ4v) is 4.25. The molecule has 0 aromatic carbocycles. The Kier molecular flexibility index (Phi) is 8.34. The molecule has 12 heteroatoms. The van der Waals surface area contributed by atoms with Crippen molar-refractivity contribution in [3.05, 3.63) is 0 Å². The molecule has 0 saturated carbocycles. The lowest BCUT2D eigenvalue weighted by atomic mass is 10.0. The van der Waals surface area contributed by atoms with E-state index in [9.17, 15) is 34.2 Å². The monoisotopic (exact) mass is 442 g/mol. The molecule has 0 aromatic heterocycles. The molecule has 0 bridgehead atoms. The molecule has 0 radical (unpaired) electrons. The second-order valence-corrected chi connectivity index (χ2v) is 8.01. The molecule has 0 unspecified atom stereocenters. The standard InChI is InChI=1S/C19H30N4O8/c1-10(16(26)23-9-3-5-13(23)18(28)29)21-15(19(30)31)12-4-2-8-22(12)17(27)11(20)6-7-14(24)25/h10-13,15,21H,2-9,20H2,1H3,(H,24,25)(H,28,29)(H,30,31)/t10-,11-,12-,13-,15-/m0/s1. The molecule has 0 aromatic rings. The first-order valence-electron chi connectivity index (χ1n) is 10.3. The zero-order valence-electron chi connectivity index (χ0n) is 17.4. The number of amides is 2. The highest BCUT2D eigenvalue weighted by molar-refractivity contribution is 5.88. The molecular weight excluding hydrogens is 412 g/mol. The van der Waals surface area contributed by atoms with E-state index in [1.807, 2.05) is 0 Å². The van der Waals surface area contributed by atoms with Gasteiger partial charge >= 0.3 is 17.9 Å². The molecule has 0 spiro atoms. The first-order chi connectivity index (χ1) is 14.5. The summed E-state index contributed by atoms with van der Waals surface area (Å²) in [4.78, 5) is 62.1. The van der Waals surface area contributed by atoms with E-state index in [0.29, 0.717) is 25.7 Å². The SMILES string of the molecule is C[C@H](N[C@H](C(=O)O)[C@@H]1CCCN1C(=O)[C@@H](N)CCC(=O)O)C(=O)N1CCC[C@H]1C(=O)O. The smallest absolute Gasteiger partial charge is 0.326 e. The fraction of sp³-hybridized carbons (Fsp3) is 0.737. The molecule has 5 atom stereocenters. The predicted octanol–water partition coefficient (Wildman–Crippen LogP) is -1.32. The Balaban J connectivity index is 2.09. The van der Waals surface area contributed by atoms with Crippen molar-refractivity contribution >= 4 is 29.7 Å². The number of nitrogens with two attached hydrogens (primary N) is 1. The number of rotatable bonds is 10. The van der Waals surface area contributed by atoms with Gasteiger partial charge in [-0.2, -0.15) is 0 Å². The van der Waals surface area contributed by atoms with Crippen molar-refractivity contribution in [2.24, 2.45) is 5.73 Å². The summed E-state index contributed by atoms with van der Waals surface area (Å²) < 4.78 is 0. The summed E-state index contributed by atoms with van der Waals surface area (Å²) in [6.45, 7) is 2.03. The number of nitrogens with zero attached hydrogens (tertiary/aromatic N) is 2. The number of carbonyl (C=O) groups excluding carboxylic acids is 2. The van der Waals surface area contributed by atoms with E-state index in [2.05, 4.69) is 5.32 Å². The van der Waals surface area contributed by atoms with Crippen molar-refractivity contribution in [1.82, 2.24) is 15.1 Å². The summed E-state index contributed by atoms with van der Waals surface area (Å²) in [7, 11) is 0. The number of carbonyl (C=O) groups is 5. The topological polar surface area (TPSA) is 191 Å². The summed E-state index contributed by atoms with van der Waals surface area (Å²) >= 11 is 0. The lowest BCUT2D eigenvalue weighted by Crippen LogP contribution is -2.60. The van der Waals surface area contributed by atoms with E-state index in [-0.39, 0.29) is 25.9 Å². The van der Waals surface area contributed by atoms with Crippen LogP contribution in [0.3, 0.4) is 0 Å². The van der Waals surface area contributed by atoms with E-state index in [1.165, 1.54) is 16.7 Å². The van der Waals surface area contributed by atoms with Gasteiger partial charge in [0.1, 0.15) is 12.1 Å². The molecule has 2 saturated heterocycles. The van der Waals surface area contributed by atoms with Crippen molar-refractivity contribution in [2.75, 3.05) is 13.1 Å². The Morgan fingerprint density at radius 3 is 2.19 bits per heavy atom. The zero-order chi connectivity index (χ0) is 23.3. The van der Waals surface area contributed by atoms with Crippen LogP contribution in [0.1, 0.15) is 45.4 Å². The first kappa shape index (κ1) is 24.5. The molecule has 2 aliphatic rings. The third kappa shape index (κ3) is 5.91. The number of likely N-dealkylation sites (tertiary alicyclic amines) is 2. The van der Waals surface area contributed by atoms with Crippen LogP contribution in [0.15, 0.2) is 0 Å². The van der Waals surface area contributed by atoms with Crippen LogP contribution in [0, 0.1) is 0 Å². The molecular formula is C19H30N4O8. The number of carboxylic acids is 3. The quantitative estimate of drug-likeness (QED) is 0.271. The number of hydrogen-bond donors (Lipinski definition) is 5. The normalized spacial score (nSPS) is 23.9. The van der Waals surface area contributed by atoms with Crippen molar-refractivity contribution < 1.29 is 39.3 Å². The minimum Gasteiger partial charge on any atom is -0.481 e. The third-order valence-electron chi connectivity index (χ3n) is 5.84. The first-order valence-corrected chi connectivity index (χ1v) is 10.3. The maximum atomic E-state index is 12.8. The van der Waals surface area contributed by atoms with Crippen LogP contribution in [0.4, 0.5) is 0 Å². The van der Waals surface area contributed by atoms with E-state index < -0.39 is 59.9 Å². The van der Waals surface area contributed by atoms with Gasteiger partial charge in [0.2, 0.25) is 11.8 Å². The average Bonchev–Trinajstić information content (AvgIpc) is 3.38. The Labute approximate surface area is 179 Å². The lowest BCUT2D eigenvalue weighted by Gasteiger charge is -2.34. The van der Waals surface area contributed by atoms with Crippen LogP contribution in [-0.4, -0.2) is 98.1 Å². The summed E-state index contributed by atoms with van der Waals surface area (Å²) in [5.41, 5.74) is 5.82. The molecule has 2 heterocycles. The Morgan fingerprint density at radius 2 is 1.61 bits per heavy atom. The van der Waals surface area contributed by atoms with Gasteiger partial charge in [-0.15, -0.1) is 0 Å². The average molecular weight is 442 g/mol. The summed E-state index contributed by atoms with van der Waals surface area (Å²) in [5.74, 6) is -4.47. The molecule has 0 aliphatic carbocycles. The van der Waals surface area contributed by atoms with Gasteiger partial charge < -0.3 is 30.9 Å². The molecule has 12 nitrogen and oxygen atoms in total. The maximum Gasteiger partial charge on any atom is 0.326 e. The third-order valence-corrected chi connectivity index (χ3v) is 5.84. The van der Waals surface area contributed by atoms with Crippen molar-refractivity contribution in [1.29, 1.82) is 0 Å². The molecule has 2 amide bonds. The van der Waals surface area contributed by atoms with Gasteiger partial charge in [0, 0.05) is 19.5 Å². The Bertz CT molecular complexity index is 730. The second kappa shape index (κ2) is 10.5. The highest BCUT2D eigenvalue weighted by Gasteiger charge is 2.42. The Morgan fingerprint density at radius 1 is 1.00 bits per heavy atom. The van der Waals surface area contributed by atoms with Gasteiger partial charge in [0.25, 0.3) is 0 Å². The lowest BCUT2D eigenvalue weighted by molar-refractivity contribution is -0.150. The van der Waals surface area contributed by atoms with Crippen LogP contribution in [0.5, 0.6) is 0 Å². The highest BCUT2D eigenvalue weighted by Crippen LogP contribution is 2.23. The van der Waals surface area contributed by atoms with Gasteiger partial charge in [-0.3, -0.25) is 24.5 Å². The molecule has 2 fully saturated rings. The van der Waals surface area contributed by atoms with Crippen molar-refractivity contribution in [3.63, 3.8) is 0 Å². The van der Waals surface area contributed by atoms with Gasteiger partial charge in [-0.1, -0.05) is 0 Å². The van der Waals surface area contributed by atoms with Gasteiger partial charge in [-0.05, 0) is 39.0 Å². The summed E-state index contributed by atoms with van der Waals surface area (Å²) in [5, 5.41) is 30.6. The molecule has 174 valence electrons. The van der Waals surface area contributed by atoms with E-state index in [4.69, 9.17) is 10.8 Å². The molecule has 6 N–H and O–H groups in total. The molecule has 2 rings (SSSR count).